The Morgan fingerprint density at radius 1 is 1.12 bits per heavy atom. The van der Waals surface area contributed by atoms with E-state index >= 15 is 0 Å². The average molecular weight is 485 g/mol. The van der Waals surface area contributed by atoms with Crippen molar-refractivity contribution in [1.82, 2.24) is 21.1 Å². The molecule has 11 nitrogen and oxygen atoms in total. The number of nitrogens with zero attached hydrogens (tertiary/aromatic N) is 1. The fourth-order valence-electron chi connectivity index (χ4n) is 4.08. The fraction of sp³-hybridized carbons (Fsp3) is 0.826. The molecule has 2 aliphatic rings. The number of carboxylic acid groups (broad SMARTS) is 1. The number of hydrogen-bond acceptors (Lipinski definition) is 7. The molecule has 194 valence electrons. The molecule has 0 aromatic heterocycles. The minimum atomic E-state index is -1.02. The summed E-state index contributed by atoms with van der Waals surface area (Å²) in [6, 6.07) is -2.62. The number of alkyl carbamates (subject to hydrolysis) is 1. The lowest BCUT2D eigenvalue weighted by molar-refractivity contribution is -0.149. The van der Waals surface area contributed by atoms with Crippen LogP contribution in [0.1, 0.15) is 66.7 Å². The van der Waals surface area contributed by atoms with E-state index in [-0.39, 0.29) is 17.7 Å². The lowest BCUT2D eigenvalue weighted by Crippen LogP contribution is -2.61. The number of carbonyl (C=O) groups is 4. The molecule has 11 heteroatoms. The summed E-state index contributed by atoms with van der Waals surface area (Å²) < 4.78 is 10.7. The summed E-state index contributed by atoms with van der Waals surface area (Å²) in [5.74, 6) is -1.97. The van der Waals surface area contributed by atoms with Crippen molar-refractivity contribution >= 4 is 23.9 Å². The highest BCUT2D eigenvalue weighted by Crippen LogP contribution is 2.22. The molecular weight excluding hydrogens is 444 g/mol. The molecule has 0 radical (unpaired) electrons. The summed E-state index contributed by atoms with van der Waals surface area (Å²) in [6.07, 6.45) is 2.20. The maximum Gasteiger partial charge on any atom is 0.408 e. The molecule has 0 bridgehead atoms. The maximum absolute atomic E-state index is 13.4. The maximum atomic E-state index is 13.4. The van der Waals surface area contributed by atoms with Gasteiger partial charge in [-0.3, -0.25) is 19.4 Å². The third-order valence-corrected chi connectivity index (χ3v) is 5.90. The van der Waals surface area contributed by atoms with Crippen molar-refractivity contribution in [3.05, 3.63) is 0 Å². The van der Waals surface area contributed by atoms with Crippen molar-refractivity contribution in [3.8, 4) is 0 Å². The molecule has 0 aliphatic carbocycles. The van der Waals surface area contributed by atoms with Crippen molar-refractivity contribution in [3.63, 3.8) is 0 Å². The normalized spacial score (nSPS) is 21.5. The zero-order valence-corrected chi connectivity index (χ0v) is 20.9. The molecule has 1 unspecified atom stereocenters. The number of hydrazine groups is 1. The van der Waals surface area contributed by atoms with Gasteiger partial charge in [0, 0.05) is 19.8 Å². The number of ether oxygens (including phenoxy) is 2. The number of hydrogen-bond donors (Lipinski definition) is 4. The van der Waals surface area contributed by atoms with Gasteiger partial charge in [0.2, 0.25) is 5.91 Å². The van der Waals surface area contributed by atoms with Gasteiger partial charge in [0.1, 0.15) is 23.7 Å². The van der Waals surface area contributed by atoms with Gasteiger partial charge < -0.3 is 25.2 Å². The molecule has 2 heterocycles. The molecule has 2 aliphatic heterocycles. The van der Waals surface area contributed by atoms with Crippen molar-refractivity contribution in [2.45, 2.75) is 90.4 Å². The van der Waals surface area contributed by atoms with E-state index in [9.17, 15) is 24.3 Å². The van der Waals surface area contributed by atoms with Gasteiger partial charge >= 0.3 is 12.1 Å². The summed E-state index contributed by atoms with van der Waals surface area (Å²) in [4.78, 5) is 50.3. The molecule has 3 atom stereocenters. The number of carboxylic acids is 1. The van der Waals surface area contributed by atoms with Gasteiger partial charge in [-0.05, 0) is 64.7 Å². The zero-order chi connectivity index (χ0) is 25.5. The summed E-state index contributed by atoms with van der Waals surface area (Å²) in [5, 5.41) is 16.1. The van der Waals surface area contributed by atoms with Gasteiger partial charge in [-0.1, -0.05) is 13.8 Å². The Morgan fingerprint density at radius 3 is 2.32 bits per heavy atom. The van der Waals surface area contributed by atoms with Crippen LogP contribution in [0.2, 0.25) is 0 Å². The highest BCUT2D eigenvalue weighted by Gasteiger charge is 2.36. The number of amides is 3. The Kier molecular flexibility index (Phi) is 10.1. The van der Waals surface area contributed by atoms with Crippen molar-refractivity contribution in [2.24, 2.45) is 11.8 Å². The molecule has 2 fully saturated rings. The second-order valence-electron chi connectivity index (χ2n) is 10.4. The van der Waals surface area contributed by atoms with E-state index in [1.54, 1.807) is 34.6 Å². The number of carbonyl (C=O) groups excluding carboxylic acids is 3. The summed E-state index contributed by atoms with van der Waals surface area (Å²) in [6.45, 7) is 10.3. The van der Waals surface area contributed by atoms with Gasteiger partial charge in [0.15, 0.2) is 0 Å². The van der Waals surface area contributed by atoms with Gasteiger partial charge in [-0.15, -0.1) is 0 Å². The van der Waals surface area contributed by atoms with E-state index in [1.165, 1.54) is 5.01 Å². The first-order valence-electron chi connectivity index (χ1n) is 12.1. The van der Waals surface area contributed by atoms with Gasteiger partial charge in [0.05, 0.1) is 0 Å². The lowest BCUT2D eigenvalue weighted by atomic mass is 9.91. The Balaban J connectivity index is 2.14. The van der Waals surface area contributed by atoms with Crippen LogP contribution in [0.5, 0.6) is 0 Å². The minimum Gasteiger partial charge on any atom is -0.480 e. The van der Waals surface area contributed by atoms with E-state index in [1.807, 2.05) is 0 Å². The van der Waals surface area contributed by atoms with E-state index in [0.29, 0.717) is 39.0 Å². The predicted molar refractivity (Wildman–Crippen MR) is 124 cm³/mol. The Labute approximate surface area is 201 Å². The SMILES string of the molecule is CC(C)[C@H](NC(=O)OC(C)(C)C)C(=O)NC(CC1CCOCC1)C(=O)N1CCC[C@@H](C(=O)O)N1. The summed E-state index contributed by atoms with van der Waals surface area (Å²) in [5.41, 5.74) is 2.05. The van der Waals surface area contributed by atoms with Gasteiger partial charge in [-0.25, -0.2) is 10.2 Å². The predicted octanol–water partition coefficient (Wildman–Crippen LogP) is 1.42. The molecule has 0 saturated carbocycles. The Morgan fingerprint density at radius 2 is 1.76 bits per heavy atom. The van der Waals surface area contributed by atoms with E-state index in [4.69, 9.17) is 9.47 Å². The van der Waals surface area contributed by atoms with E-state index in [2.05, 4.69) is 16.1 Å². The first-order chi connectivity index (χ1) is 15.9. The first-order valence-corrected chi connectivity index (χ1v) is 12.1. The molecule has 2 rings (SSSR count). The van der Waals surface area contributed by atoms with Crippen LogP contribution in [0.25, 0.3) is 0 Å². The van der Waals surface area contributed by atoms with Gasteiger partial charge in [-0.2, -0.15) is 0 Å². The Hall–Kier alpha value is -2.40. The van der Waals surface area contributed by atoms with Crippen molar-refractivity contribution in [1.29, 1.82) is 0 Å². The fourth-order valence-corrected chi connectivity index (χ4v) is 4.08. The summed E-state index contributed by atoms with van der Waals surface area (Å²) >= 11 is 0. The highest BCUT2D eigenvalue weighted by molar-refractivity contribution is 5.91. The molecule has 3 amide bonds. The molecule has 2 saturated heterocycles. The van der Waals surface area contributed by atoms with Crippen LogP contribution in [0.15, 0.2) is 0 Å². The van der Waals surface area contributed by atoms with Gasteiger partial charge in [0.25, 0.3) is 5.91 Å². The van der Waals surface area contributed by atoms with Crippen molar-refractivity contribution in [2.75, 3.05) is 19.8 Å². The van der Waals surface area contributed by atoms with E-state index in [0.717, 1.165) is 12.8 Å². The molecule has 34 heavy (non-hydrogen) atoms. The largest absolute Gasteiger partial charge is 0.480 e. The van der Waals surface area contributed by atoms with Crippen LogP contribution in [0, 0.1) is 11.8 Å². The number of aliphatic carboxylic acids is 1. The third kappa shape index (κ3) is 8.75. The Bertz CT molecular complexity index is 731. The summed E-state index contributed by atoms with van der Waals surface area (Å²) in [7, 11) is 0. The van der Waals surface area contributed by atoms with Crippen LogP contribution in [0.3, 0.4) is 0 Å². The molecular formula is C23H40N4O7. The molecule has 0 aromatic rings. The standard InChI is InChI=1S/C23H40N4O7/c1-14(2)18(25-22(32)34-23(3,4)5)19(28)24-17(13-15-8-11-33-12-9-15)20(29)27-10-6-7-16(26-27)21(30)31/h14-18,26H,6-13H2,1-5H3,(H,24,28)(H,25,32)(H,30,31)/t16-,17?,18-/m0/s1. The smallest absolute Gasteiger partial charge is 0.408 e. The van der Waals surface area contributed by atoms with Crippen LogP contribution in [0.4, 0.5) is 4.79 Å². The van der Waals surface area contributed by atoms with Crippen LogP contribution < -0.4 is 16.1 Å². The van der Waals surface area contributed by atoms with Crippen LogP contribution in [-0.4, -0.2) is 77.5 Å². The topological polar surface area (TPSA) is 146 Å². The molecule has 4 N–H and O–H groups in total. The van der Waals surface area contributed by atoms with E-state index < -0.39 is 41.7 Å². The monoisotopic (exact) mass is 484 g/mol. The highest BCUT2D eigenvalue weighted by atomic mass is 16.6. The van der Waals surface area contributed by atoms with Crippen LogP contribution in [-0.2, 0) is 23.9 Å². The third-order valence-electron chi connectivity index (χ3n) is 5.90. The van der Waals surface area contributed by atoms with Crippen LogP contribution >= 0.6 is 0 Å². The quantitative estimate of drug-likeness (QED) is 0.405. The number of rotatable bonds is 8. The second kappa shape index (κ2) is 12.3. The second-order valence-corrected chi connectivity index (χ2v) is 10.4. The lowest BCUT2D eigenvalue weighted by Gasteiger charge is -2.36. The van der Waals surface area contributed by atoms with Crippen molar-refractivity contribution < 1.29 is 33.8 Å². The minimum absolute atomic E-state index is 0.180. The molecule has 0 spiro atoms. The number of nitrogens with one attached hydrogen (secondary N) is 3. The zero-order valence-electron chi connectivity index (χ0n) is 20.9. The average Bonchev–Trinajstić information content (AvgIpc) is 2.75. The molecule has 0 aromatic carbocycles. The first kappa shape index (κ1) is 27.8.